The number of nitrogens with zero attached hydrogens (tertiary/aromatic N) is 2. The van der Waals surface area contributed by atoms with Gasteiger partial charge in [-0.1, -0.05) is 24.3 Å². The number of aliphatic hydroxyl groups excluding tert-OH is 1. The van der Waals surface area contributed by atoms with Crippen molar-refractivity contribution in [3.8, 4) is 0 Å². The van der Waals surface area contributed by atoms with E-state index in [1.165, 1.54) is 11.1 Å². The molecule has 6 rings (SSSR count). The van der Waals surface area contributed by atoms with Gasteiger partial charge in [0.25, 0.3) is 5.91 Å². The van der Waals surface area contributed by atoms with Crippen LogP contribution in [-0.4, -0.2) is 50.8 Å². The van der Waals surface area contributed by atoms with Crippen LogP contribution in [0.25, 0.3) is 10.9 Å². The summed E-state index contributed by atoms with van der Waals surface area (Å²) in [6.07, 6.45) is 4.30. The summed E-state index contributed by atoms with van der Waals surface area (Å²) in [5.74, 6) is -1.45. The minimum absolute atomic E-state index is 0.0101. The van der Waals surface area contributed by atoms with E-state index in [0.29, 0.717) is 23.2 Å². The van der Waals surface area contributed by atoms with Gasteiger partial charge in [-0.05, 0) is 30.2 Å². The molecule has 0 spiro atoms. The Hall–Kier alpha value is -4.53. The predicted molar refractivity (Wildman–Crippen MR) is 136 cm³/mol. The highest BCUT2D eigenvalue weighted by Gasteiger charge is 2.40. The summed E-state index contributed by atoms with van der Waals surface area (Å²) < 4.78 is 0. The lowest BCUT2D eigenvalue weighted by atomic mass is 9.83. The molecule has 3 aliphatic rings. The van der Waals surface area contributed by atoms with E-state index in [9.17, 15) is 24.3 Å². The number of para-hydroxylation sites is 1. The molecule has 0 bridgehead atoms. The summed E-state index contributed by atoms with van der Waals surface area (Å²) in [6, 6.07) is 12.2. The van der Waals surface area contributed by atoms with E-state index >= 15 is 0 Å². The van der Waals surface area contributed by atoms with Crippen molar-refractivity contribution in [3.05, 3.63) is 76.7 Å². The lowest BCUT2D eigenvalue weighted by Crippen LogP contribution is -2.52. The number of carbonyl (C=O) groups excluding carboxylic acids is 4. The molecule has 3 N–H and O–H groups in total. The SMILES string of the molecule is O=C1CCC(N2Cc3c(N=CC4=C(O)CC(c5c[nH]c6ccccc56)CC4=O)cccc3C2=O)C(=O)N1. The number of ketones is 1. The number of hydrogen-bond donors (Lipinski definition) is 3. The van der Waals surface area contributed by atoms with Crippen molar-refractivity contribution in [2.24, 2.45) is 4.99 Å². The number of aromatic nitrogens is 1. The van der Waals surface area contributed by atoms with Crippen LogP contribution in [0.1, 0.15) is 53.1 Å². The first kappa shape index (κ1) is 22.9. The smallest absolute Gasteiger partial charge is 0.255 e. The minimum Gasteiger partial charge on any atom is -0.511 e. The second-order valence-corrected chi connectivity index (χ2v) is 9.64. The third-order valence-electron chi connectivity index (χ3n) is 7.43. The number of imide groups is 1. The maximum absolute atomic E-state index is 13.0. The number of aromatic amines is 1. The zero-order valence-corrected chi connectivity index (χ0v) is 19.9. The largest absolute Gasteiger partial charge is 0.511 e. The molecular formula is C28H24N4O5. The molecule has 0 radical (unpaired) electrons. The first-order valence-corrected chi connectivity index (χ1v) is 12.2. The lowest BCUT2D eigenvalue weighted by molar-refractivity contribution is -0.137. The normalized spacial score (nSPS) is 22.3. The predicted octanol–water partition coefficient (Wildman–Crippen LogP) is 3.59. The van der Waals surface area contributed by atoms with Gasteiger partial charge in [0.15, 0.2) is 5.78 Å². The van der Waals surface area contributed by atoms with Gasteiger partial charge in [0.1, 0.15) is 11.8 Å². The van der Waals surface area contributed by atoms with Gasteiger partial charge in [-0.3, -0.25) is 29.5 Å². The molecule has 37 heavy (non-hydrogen) atoms. The zero-order valence-electron chi connectivity index (χ0n) is 19.9. The van der Waals surface area contributed by atoms with Crippen LogP contribution in [0.4, 0.5) is 5.69 Å². The molecule has 186 valence electrons. The Labute approximate surface area is 211 Å². The second kappa shape index (κ2) is 8.85. The Balaban J connectivity index is 1.24. The number of hydrogen-bond acceptors (Lipinski definition) is 6. The summed E-state index contributed by atoms with van der Waals surface area (Å²) in [7, 11) is 0. The van der Waals surface area contributed by atoms with E-state index in [-0.39, 0.29) is 60.7 Å². The number of rotatable bonds is 4. The molecule has 1 aliphatic carbocycles. The number of piperidine rings is 1. The number of allylic oxidation sites excluding steroid dienone is 2. The average molecular weight is 497 g/mol. The monoisotopic (exact) mass is 496 g/mol. The first-order valence-electron chi connectivity index (χ1n) is 12.2. The number of fused-ring (bicyclic) bond motifs is 2. The summed E-state index contributed by atoms with van der Waals surface area (Å²) in [5, 5.41) is 14.1. The third-order valence-corrected chi connectivity index (χ3v) is 7.43. The van der Waals surface area contributed by atoms with Crippen LogP contribution in [0.15, 0.2) is 65.0 Å². The van der Waals surface area contributed by atoms with Crippen molar-refractivity contribution in [1.29, 1.82) is 0 Å². The molecule has 3 heterocycles. The van der Waals surface area contributed by atoms with E-state index in [1.807, 2.05) is 30.5 Å². The Morgan fingerprint density at radius 2 is 1.86 bits per heavy atom. The van der Waals surface area contributed by atoms with E-state index in [2.05, 4.69) is 15.3 Å². The van der Waals surface area contributed by atoms with Gasteiger partial charge < -0.3 is 15.0 Å². The van der Waals surface area contributed by atoms with Gasteiger partial charge in [0.05, 0.1) is 11.3 Å². The highest BCUT2D eigenvalue weighted by molar-refractivity contribution is 6.15. The van der Waals surface area contributed by atoms with Crippen LogP contribution in [0, 0.1) is 0 Å². The van der Waals surface area contributed by atoms with Crippen LogP contribution in [0.2, 0.25) is 0 Å². The van der Waals surface area contributed by atoms with Crippen molar-refractivity contribution >= 4 is 46.3 Å². The zero-order chi connectivity index (χ0) is 25.7. The van der Waals surface area contributed by atoms with Crippen LogP contribution >= 0.6 is 0 Å². The summed E-state index contributed by atoms with van der Waals surface area (Å²) in [4.78, 5) is 59.1. The lowest BCUT2D eigenvalue weighted by Gasteiger charge is -2.29. The standard InChI is InChI=1S/C28H24N4O5/c33-24-10-15(18-12-29-21-6-2-1-4-16(18)21)11-25(34)19(24)13-30-22-7-3-5-17-20(22)14-32(28(17)37)23-8-9-26(35)31-27(23)36/h1-7,12-13,15,23,29,33H,8-11,14H2,(H,31,35,36). The van der Waals surface area contributed by atoms with E-state index < -0.39 is 11.9 Å². The number of aliphatic hydroxyl groups is 1. The number of nitrogens with one attached hydrogen (secondary N) is 2. The number of H-pyrrole nitrogens is 1. The van der Waals surface area contributed by atoms with Gasteiger partial charge in [-0.25, -0.2) is 0 Å². The van der Waals surface area contributed by atoms with Crippen LogP contribution in [-0.2, 0) is 20.9 Å². The Morgan fingerprint density at radius 3 is 2.68 bits per heavy atom. The molecule has 9 nitrogen and oxygen atoms in total. The van der Waals surface area contributed by atoms with Crippen molar-refractivity contribution < 1.29 is 24.3 Å². The molecule has 3 amide bonds. The molecule has 2 aromatic carbocycles. The number of carbonyl (C=O) groups is 4. The second-order valence-electron chi connectivity index (χ2n) is 9.64. The Bertz CT molecular complexity index is 1550. The number of amides is 3. The van der Waals surface area contributed by atoms with Crippen molar-refractivity contribution in [3.63, 3.8) is 0 Å². The maximum Gasteiger partial charge on any atom is 0.255 e. The van der Waals surface area contributed by atoms with Crippen molar-refractivity contribution in [1.82, 2.24) is 15.2 Å². The van der Waals surface area contributed by atoms with Crippen molar-refractivity contribution in [2.45, 2.75) is 44.2 Å². The highest BCUT2D eigenvalue weighted by Crippen LogP contribution is 2.38. The number of aliphatic imine (C=N–C) groups is 1. The summed E-state index contributed by atoms with van der Waals surface area (Å²) in [6.45, 7) is 0.176. The summed E-state index contributed by atoms with van der Waals surface area (Å²) >= 11 is 0. The minimum atomic E-state index is -0.720. The molecule has 9 heteroatoms. The third kappa shape index (κ3) is 3.92. The van der Waals surface area contributed by atoms with Gasteiger partial charge >= 0.3 is 0 Å². The molecule has 0 saturated carbocycles. The first-order chi connectivity index (χ1) is 17.9. The molecule has 2 unspecified atom stereocenters. The molecule has 2 aliphatic heterocycles. The van der Waals surface area contributed by atoms with Crippen LogP contribution in [0.5, 0.6) is 0 Å². The molecule has 2 atom stereocenters. The molecule has 1 fully saturated rings. The van der Waals surface area contributed by atoms with Gasteiger partial charge in [-0.15, -0.1) is 0 Å². The molecule has 3 aromatic rings. The molecular weight excluding hydrogens is 472 g/mol. The van der Waals surface area contributed by atoms with E-state index in [0.717, 1.165) is 16.5 Å². The fourth-order valence-corrected chi connectivity index (χ4v) is 5.53. The Morgan fingerprint density at radius 1 is 1.03 bits per heavy atom. The van der Waals surface area contributed by atoms with E-state index in [1.54, 1.807) is 18.2 Å². The van der Waals surface area contributed by atoms with Crippen molar-refractivity contribution in [2.75, 3.05) is 0 Å². The van der Waals surface area contributed by atoms with Gasteiger partial charge in [0, 0.05) is 66.2 Å². The fourth-order valence-electron chi connectivity index (χ4n) is 5.53. The highest BCUT2D eigenvalue weighted by atomic mass is 16.3. The maximum atomic E-state index is 13.0. The Kier molecular flexibility index (Phi) is 5.48. The number of benzene rings is 2. The van der Waals surface area contributed by atoms with Crippen LogP contribution in [0.3, 0.4) is 0 Å². The van der Waals surface area contributed by atoms with Gasteiger partial charge in [0.2, 0.25) is 11.8 Å². The number of Topliss-reactive ketones (excluding diaryl/α,β-unsaturated/α-hetero) is 1. The molecule has 1 aromatic heterocycles. The topological polar surface area (TPSA) is 132 Å². The molecule has 1 saturated heterocycles. The quantitative estimate of drug-likeness (QED) is 0.375. The summed E-state index contributed by atoms with van der Waals surface area (Å²) in [5.41, 5.74) is 3.73. The van der Waals surface area contributed by atoms with Crippen LogP contribution < -0.4 is 5.32 Å². The fraction of sp³-hybridized carbons (Fsp3) is 0.250. The van der Waals surface area contributed by atoms with E-state index in [4.69, 9.17) is 0 Å². The van der Waals surface area contributed by atoms with Gasteiger partial charge in [-0.2, -0.15) is 0 Å². The average Bonchev–Trinajstić information content (AvgIpc) is 3.45.